The molecule has 1 N–H and O–H groups in total. The Bertz CT molecular complexity index is 131. The summed E-state index contributed by atoms with van der Waals surface area (Å²) in [5.41, 5.74) is 0. The molecular formula is C13H30N2O. The molecule has 0 aliphatic carbocycles. The third kappa shape index (κ3) is 12.0. The van der Waals surface area contributed by atoms with Crippen LogP contribution in [-0.2, 0) is 4.74 Å². The average molecular weight is 230 g/mol. The van der Waals surface area contributed by atoms with E-state index in [2.05, 4.69) is 31.1 Å². The monoisotopic (exact) mass is 230 g/mol. The van der Waals surface area contributed by atoms with Gasteiger partial charge in [0.25, 0.3) is 0 Å². The minimum absolute atomic E-state index is 0.846. The topological polar surface area (TPSA) is 24.5 Å². The molecular weight excluding hydrogens is 200 g/mol. The second kappa shape index (κ2) is 12.9. The van der Waals surface area contributed by atoms with E-state index < -0.39 is 0 Å². The maximum Gasteiger partial charge on any atom is 0.0590 e. The fourth-order valence-electron chi connectivity index (χ4n) is 1.43. The summed E-state index contributed by atoms with van der Waals surface area (Å²) in [6.45, 7) is 10.6. The largest absolute Gasteiger partial charge is 0.380 e. The van der Waals surface area contributed by atoms with Crippen LogP contribution in [0.2, 0.25) is 0 Å². The molecule has 0 heterocycles. The molecule has 0 unspecified atom stereocenters. The van der Waals surface area contributed by atoms with E-state index in [1.807, 2.05) is 0 Å². The molecule has 0 aliphatic rings. The van der Waals surface area contributed by atoms with Gasteiger partial charge < -0.3 is 15.0 Å². The van der Waals surface area contributed by atoms with Crippen molar-refractivity contribution < 1.29 is 4.74 Å². The number of likely N-dealkylation sites (N-methyl/N-ethyl adjacent to an activating group) is 1. The Kier molecular flexibility index (Phi) is 12.9. The maximum absolute atomic E-state index is 5.47. The smallest absolute Gasteiger partial charge is 0.0590 e. The van der Waals surface area contributed by atoms with Gasteiger partial charge in [-0.05, 0) is 26.4 Å². The Morgan fingerprint density at radius 2 is 1.69 bits per heavy atom. The van der Waals surface area contributed by atoms with Gasteiger partial charge >= 0.3 is 0 Å². The van der Waals surface area contributed by atoms with Gasteiger partial charge in [-0.2, -0.15) is 0 Å². The molecule has 0 amide bonds. The minimum Gasteiger partial charge on any atom is -0.380 e. The molecule has 0 spiro atoms. The van der Waals surface area contributed by atoms with Crippen molar-refractivity contribution in [2.24, 2.45) is 0 Å². The summed E-state index contributed by atoms with van der Waals surface area (Å²) in [6, 6.07) is 0. The van der Waals surface area contributed by atoms with E-state index in [0.29, 0.717) is 0 Å². The Labute approximate surface area is 102 Å². The fraction of sp³-hybridized carbons (Fsp3) is 1.00. The summed E-state index contributed by atoms with van der Waals surface area (Å²) in [5.74, 6) is 0. The zero-order valence-electron chi connectivity index (χ0n) is 11.4. The zero-order valence-corrected chi connectivity index (χ0v) is 11.4. The van der Waals surface area contributed by atoms with Gasteiger partial charge in [-0.25, -0.2) is 0 Å². The summed E-state index contributed by atoms with van der Waals surface area (Å²) >= 11 is 0. The van der Waals surface area contributed by atoms with Gasteiger partial charge in [0.05, 0.1) is 6.61 Å². The molecule has 98 valence electrons. The van der Waals surface area contributed by atoms with Crippen molar-refractivity contribution >= 4 is 0 Å². The molecule has 16 heavy (non-hydrogen) atoms. The molecule has 0 saturated carbocycles. The minimum atomic E-state index is 0.846. The van der Waals surface area contributed by atoms with E-state index in [-0.39, 0.29) is 0 Å². The van der Waals surface area contributed by atoms with Crippen LogP contribution in [0, 0.1) is 0 Å². The Hall–Kier alpha value is -0.120. The number of unbranched alkanes of at least 4 members (excludes halogenated alkanes) is 2. The van der Waals surface area contributed by atoms with E-state index in [0.717, 1.165) is 32.8 Å². The molecule has 0 bridgehead atoms. The summed E-state index contributed by atoms with van der Waals surface area (Å²) in [6.07, 6.45) is 4.98. The number of hydrogen-bond acceptors (Lipinski definition) is 3. The van der Waals surface area contributed by atoms with Gasteiger partial charge in [-0.3, -0.25) is 0 Å². The molecule has 0 aromatic carbocycles. The molecule has 0 aromatic rings. The van der Waals surface area contributed by atoms with Crippen molar-refractivity contribution in [2.75, 3.05) is 46.4 Å². The van der Waals surface area contributed by atoms with Crippen molar-refractivity contribution in [3.8, 4) is 0 Å². The number of nitrogens with one attached hydrogen (secondary N) is 1. The van der Waals surface area contributed by atoms with Crippen molar-refractivity contribution in [3.05, 3.63) is 0 Å². The van der Waals surface area contributed by atoms with Crippen LogP contribution < -0.4 is 5.32 Å². The summed E-state index contributed by atoms with van der Waals surface area (Å²) in [7, 11) is 2.19. The van der Waals surface area contributed by atoms with Crippen LogP contribution in [-0.4, -0.2) is 51.3 Å². The summed E-state index contributed by atoms with van der Waals surface area (Å²) in [4.78, 5) is 2.38. The summed E-state index contributed by atoms with van der Waals surface area (Å²) in [5, 5.41) is 3.40. The Morgan fingerprint density at radius 3 is 2.38 bits per heavy atom. The van der Waals surface area contributed by atoms with E-state index in [1.165, 1.54) is 32.2 Å². The molecule has 0 aromatic heterocycles. The van der Waals surface area contributed by atoms with Crippen LogP contribution in [0.25, 0.3) is 0 Å². The highest BCUT2D eigenvalue weighted by Crippen LogP contribution is 1.90. The average Bonchev–Trinajstić information content (AvgIpc) is 2.30. The number of nitrogens with zero attached hydrogens (tertiary/aromatic N) is 1. The van der Waals surface area contributed by atoms with Gasteiger partial charge in [-0.15, -0.1) is 0 Å². The lowest BCUT2D eigenvalue weighted by Crippen LogP contribution is -2.31. The number of ether oxygens (including phenoxy) is 1. The Morgan fingerprint density at radius 1 is 0.938 bits per heavy atom. The highest BCUT2D eigenvalue weighted by atomic mass is 16.5. The normalized spacial score (nSPS) is 11.2. The van der Waals surface area contributed by atoms with E-state index in [9.17, 15) is 0 Å². The third-order valence-corrected chi connectivity index (χ3v) is 2.63. The number of rotatable bonds is 12. The highest BCUT2D eigenvalue weighted by Gasteiger charge is 1.96. The van der Waals surface area contributed by atoms with Crippen LogP contribution in [0.15, 0.2) is 0 Å². The first-order valence-electron chi connectivity index (χ1n) is 6.78. The van der Waals surface area contributed by atoms with E-state index >= 15 is 0 Å². The first kappa shape index (κ1) is 15.9. The Balaban J connectivity index is 3.02. The van der Waals surface area contributed by atoms with Gasteiger partial charge in [-0.1, -0.05) is 26.7 Å². The first-order valence-corrected chi connectivity index (χ1v) is 6.78. The molecule has 3 nitrogen and oxygen atoms in total. The predicted octanol–water partition coefficient (Wildman–Crippen LogP) is 2.12. The van der Waals surface area contributed by atoms with Crippen LogP contribution in [0.1, 0.15) is 39.5 Å². The molecule has 0 saturated heterocycles. The van der Waals surface area contributed by atoms with Gasteiger partial charge in [0.1, 0.15) is 0 Å². The van der Waals surface area contributed by atoms with Crippen molar-refractivity contribution in [1.29, 1.82) is 0 Å². The zero-order chi connectivity index (χ0) is 12.1. The van der Waals surface area contributed by atoms with Crippen molar-refractivity contribution in [1.82, 2.24) is 10.2 Å². The molecule has 0 radical (unpaired) electrons. The predicted molar refractivity (Wildman–Crippen MR) is 71.0 cm³/mol. The van der Waals surface area contributed by atoms with Crippen molar-refractivity contribution in [2.45, 2.75) is 39.5 Å². The van der Waals surface area contributed by atoms with E-state index in [4.69, 9.17) is 4.74 Å². The standard InChI is InChI=1S/C13H30N2O/c1-4-6-10-15(3)11-8-14-9-13-16-12-7-5-2/h14H,4-13H2,1-3H3. The maximum atomic E-state index is 5.47. The lowest BCUT2D eigenvalue weighted by atomic mass is 10.3. The van der Waals surface area contributed by atoms with Gasteiger partial charge in [0.2, 0.25) is 0 Å². The van der Waals surface area contributed by atoms with Gasteiger partial charge in [0.15, 0.2) is 0 Å². The molecule has 3 heteroatoms. The third-order valence-electron chi connectivity index (χ3n) is 2.63. The second-order valence-corrected chi connectivity index (χ2v) is 4.37. The molecule has 0 rings (SSSR count). The second-order valence-electron chi connectivity index (χ2n) is 4.37. The van der Waals surface area contributed by atoms with Crippen molar-refractivity contribution in [3.63, 3.8) is 0 Å². The number of hydrogen-bond donors (Lipinski definition) is 1. The van der Waals surface area contributed by atoms with Crippen LogP contribution in [0.3, 0.4) is 0 Å². The van der Waals surface area contributed by atoms with E-state index in [1.54, 1.807) is 0 Å². The van der Waals surface area contributed by atoms with Crippen LogP contribution >= 0.6 is 0 Å². The highest BCUT2D eigenvalue weighted by molar-refractivity contribution is 4.54. The summed E-state index contributed by atoms with van der Waals surface area (Å²) < 4.78 is 5.47. The lowest BCUT2D eigenvalue weighted by molar-refractivity contribution is 0.132. The molecule has 0 atom stereocenters. The van der Waals surface area contributed by atoms with Crippen LogP contribution in [0.4, 0.5) is 0 Å². The van der Waals surface area contributed by atoms with Crippen LogP contribution in [0.5, 0.6) is 0 Å². The quantitative estimate of drug-likeness (QED) is 0.520. The fourth-order valence-corrected chi connectivity index (χ4v) is 1.43. The first-order chi connectivity index (χ1) is 7.81. The van der Waals surface area contributed by atoms with Gasteiger partial charge in [0, 0.05) is 26.2 Å². The lowest BCUT2D eigenvalue weighted by Gasteiger charge is -2.16. The molecule has 0 aliphatic heterocycles. The molecule has 0 fully saturated rings. The SMILES string of the molecule is CCCCOCCNCCN(C)CCCC.